The van der Waals surface area contributed by atoms with Crippen LogP contribution < -0.4 is 5.73 Å². The largest absolute Gasteiger partial charge is 0.476 e. The number of hydrogen-bond acceptors (Lipinski definition) is 4. The number of piperidine rings is 1. The highest BCUT2D eigenvalue weighted by Crippen LogP contribution is 2.31. The second kappa shape index (κ2) is 5.18. The van der Waals surface area contributed by atoms with E-state index in [0.29, 0.717) is 12.3 Å². The smallest absolute Gasteiger partial charge is 0.356 e. The van der Waals surface area contributed by atoms with E-state index in [0.717, 1.165) is 50.4 Å². The zero-order chi connectivity index (χ0) is 14.3. The number of nitrogens with zero attached hydrogens (tertiary/aromatic N) is 3. The topological polar surface area (TPSA) is 84.4 Å². The van der Waals surface area contributed by atoms with E-state index < -0.39 is 5.97 Å². The lowest BCUT2D eigenvalue weighted by Crippen LogP contribution is -2.33. The lowest BCUT2D eigenvalue weighted by Gasteiger charge is -2.30. The van der Waals surface area contributed by atoms with Gasteiger partial charge in [0.05, 0.1) is 5.69 Å². The van der Waals surface area contributed by atoms with E-state index in [1.54, 1.807) is 0 Å². The maximum Gasteiger partial charge on any atom is 0.356 e. The van der Waals surface area contributed by atoms with Crippen molar-refractivity contribution in [2.45, 2.75) is 44.2 Å². The SMILES string of the molecule is CN1CCC(c2nc(C(=O)O)c3n2CCC(N)C3)CC1. The van der Waals surface area contributed by atoms with Crippen LogP contribution in [0, 0.1) is 0 Å². The van der Waals surface area contributed by atoms with Gasteiger partial charge < -0.3 is 20.3 Å². The highest BCUT2D eigenvalue weighted by Gasteiger charge is 2.31. The van der Waals surface area contributed by atoms with Crippen LogP contribution in [0.1, 0.15) is 47.2 Å². The first-order valence-corrected chi connectivity index (χ1v) is 7.33. The van der Waals surface area contributed by atoms with E-state index >= 15 is 0 Å². The molecule has 110 valence electrons. The molecule has 0 bridgehead atoms. The van der Waals surface area contributed by atoms with Crippen LogP contribution >= 0.6 is 0 Å². The zero-order valence-corrected chi connectivity index (χ0v) is 11.9. The maximum absolute atomic E-state index is 11.4. The monoisotopic (exact) mass is 278 g/mol. The molecule has 6 heteroatoms. The van der Waals surface area contributed by atoms with Crippen molar-refractivity contribution in [3.63, 3.8) is 0 Å². The molecule has 0 spiro atoms. The number of hydrogen-bond donors (Lipinski definition) is 2. The van der Waals surface area contributed by atoms with E-state index in [2.05, 4.69) is 21.5 Å². The van der Waals surface area contributed by atoms with Gasteiger partial charge >= 0.3 is 5.97 Å². The first-order valence-electron chi connectivity index (χ1n) is 7.33. The molecule has 1 aromatic rings. The van der Waals surface area contributed by atoms with Crippen molar-refractivity contribution in [2.75, 3.05) is 20.1 Å². The first-order chi connectivity index (χ1) is 9.56. The number of carboxylic acids is 1. The molecule has 0 radical (unpaired) electrons. The van der Waals surface area contributed by atoms with Crippen molar-refractivity contribution in [2.24, 2.45) is 5.73 Å². The van der Waals surface area contributed by atoms with Gasteiger partial charge in [-0.1, -0.05) is 0 Å². The van der Waals surface area contributed by atoms with Gasteiger partial charge in [-0.3, -0.25) is 0 Å². The highest BCUT2D eigenvalue weighted by atomic mass is 16.4. The maximum atomic E-state index is 11.4. The fraction of sp³-hybridized carbons (Fsp3) is 0.714. The molecule has 1 aromatic heterocycles. The number of imidazole rings is 1. The summed E-state index contributed by atoms with van der Waals surface area (Å²) in [5.74, 6) is 0.423. The minimum atomic E-state index is -0.929. The molecule has 3 rings (SSSR count). The zero-order valence-electron chi connectivity index (χ0n) is 11.9. The summed E-state index contributed by atoms with van der Waals surface area (Å²) in [6, 6.07) is 0.0580. The Bertz CT molecular complexity index is 517. The Balaban J connectivity index is 1.95. The molecule has 1 saturated heterocycles. The van der Waals surface area contributed by atoms with Gasteiger partial charge in [-0.2, -0.15) is 0 Å². The van der Waals surface area contributed by atoms with Gasteiger partial charge in [0.2, 0.25) is 0 Å². The molecular formula is C14H22N4O2. The molecule has 2 aliphatic rings. The molecule has 1 unspecified atom stereocenters. The van der Waals surface area contributed by atoms with E-state index in [1.165, 1.54) is 0 Å². The normalized spacial score (nSPS) is 24.6. The average molecular weight is 278 g/mol. The molecule has 0 aromatic carbocycles. The Morgan fingerprint density at radius 1 is 1.30 bits per heavy atom. The molecule has 1 fully saturated rings. The molecule has 0 saturated carbocycles. The molecule has 1 atom stereocenters. The summed E-state index contributed by atoms with van der Waals surface area (Å²) in [6.07, 6.45) is 3.64. The summed E-state index contributed by atoms with van der Waals surface area (Å²) in [5, 5.41) is 9.36. The summed E-state index contributed by atoms with van der Waals surface area (Å²) in [6.45, 7) is 2.90. The number of rotatable bonds is 2. The van der Waals surface area contributed by atoms with Crippen LogP contribution in [0.3, 0.4) is 0 Å². The Morgan fingerprint density at radius 2 is 2.00 bits per heavy atom. The number of carboxylic acid groups (broad SMARTS) is 1. The number of nitrogens with two attached hydrogens (primary N) is 1. The van der Waals surface area contributed by atoms with Gasteiger partial charge in [0, 0.05) is 24.9 Å². The van der Waals surface area contributed by atoms with E-state index in [1.807, 2.05) is 0 Å². The van der Waals surface area contributed by atoms with Gasteiger partial charge in [0.25, 0.3) is 0 Å². The fourth-order valence-electron chi connectivity index (χ4n) is 3.36. The summed E-state index contributed by atoms with van der Waals surface area (Å²) in [4.78, 5) is 18.2. The Kier molecular flexibility index (Phi) is 3.52. The van der Waals surface area contributed by atoms with Gasteiger partial charge in [-0.15, -0.1) is 0 Å². The van der Waals surface area contributed by atoms with Gasteiger partial charge in [-0.05, 0) is 39.4 Å². The third-order valence-electron chi connectivity index (χ3n) is 4.57. The highest BCUT2D eigenvalue weighted by molar-refractivity contribution is 5.87. The summed E-state index contributed by atoms with van der Waals surface area (Å²) in [7, 11) is 2.12. The van der Waals surface area contributed by atoms with Gasteiger partial charge in [-0.25, -0.2) is 9.78 Å². The van der Waals surface area contributed by atoms with Crippen LogP contribution in [0.4, 0.5) is 0 Å². The molecule has 20 heavy (non-hydrogen) atoms. The number of aromatic carboxylic acids is 1. The van der Waals surface area contributed by atoms with E-state index in [4.69, 9.17) is 5.73 Å². The lowest BCUT2D eigenvalue weighted by atomic mass is 9.95. The van der Waals surface area contributed by atoms with Crippen LogP contribution in [0.2, 0.25) is 0 Å². The molecule has 3 heterocycles. The van der Waals surface area contributed by atoms with Crippen molar-refractivity contribution in [1.82, 2.24) is 14.5 Å². The van der Waals surface area contributed by atoms with Crippen LogP contribution in [0.15, 0.2) is 0 Å². The summed E-state index contributed by atoms with van der Waals surface area (Å²) in [5.41, 5.74) is 7.02. The van der Waals surface area contributed by atoms with Gasteiger partial charge in [0.1, 0.15) is 5.82 Å². The number of carbonyl (C=O) groups is 1. The van der Waals surface area contributed by atoms with Crippen molar-refractivity contribution < 1.29 is 9.90 Å². The Hall–Kier alpha value is -1.40. The lowest BCUT2D eigenvalue weighted by molar-refractivity contribution is 0.0689. The Morgan fingerprint density at radius 3 is 2.65 bits per heavy atom. The Labute approximate surface area is 118 Å². The molecule has 2 aliphatic heterocycles. The molecule has 3 N–H and O–H groups in total. The predicted molar refractivity (Wildman–Crippen MR) is 75.0 cm³/mol. The average Bonchev–Trinajstić information content (AvgIpc) is 2.78. The van der Waals surface area contributed by atoms with Crippen LogP contribution in [-0.2, 0) is 13.0 Å². The minimum Gasteiger partial charge on any atom is -0.476 e. The summed E-state index contributed by atoms with van der Waals surface area (Å²) < 4.78 is 2.13. The van der Waals surface area contributed by atoms with E-state index in [-0.39, 0.29) is 11.7 Å². The molecular weight excluding hydrogens is 256 g/mol. The molecule has 0 aliphatic carbocycles. The number of fused-ring (bicyclic) bond motifs is 1. The molecule has 0 amide bonds. The minimum absolute atomic E-state index is 0.0580. The number of likely N-dealkylation sites (tertiary alicyclic amines) is 1. The van der Waals surface area contributed by atoms with Crippen molar-refractivity contribution in [3.05, 3.63) is 17.2 Å². The van der Waals surface area contributed by atoms with Crippen molar-refractivity contribution in [1.29, 1.82) is 0 Å². The third kappa shape index (κ3) is 2.33. The number of aromatic nitrogens is 2. The van der Waals surface area contributed by atoms with E-state index in [9.17, 15) is 9.90 Å². The van der Waals surface area contributed by atoms with Crippen LogP contribution in [0.25, 0.3) is 0 Å². The predicted octanol–water partition coefficient (Wildman–Crippen LogP) is 0.664. The summed E-state index contributed by atoms with van der Waals surface area (Å²) >= 11 is 0. The second-order valence-corrected chi connectivity index (χ2v) is 6.05. The van der Waals surface area contributed by atoms with Gasteiger partial charge in [0.15, 0.2) is 5.69 Å². The van der Waals surface area contributed by atoms with Crippen molar-refractivity contribution in [3.8, 4) is 0 Å². The van der Waals surface area contributed by atoms with Crippen LogP contribution in [0.5, 0.6) is 0 Å². The third-order valence-corrected chi connectivity index (χ3v) is 4.57. The van der Waals surface area contributed by atoms with Crippen LogP contribution in [-0.4, -0.2) is 51.7 Å². The standard InChI is InChI=1S/C14H22N4O2/c1-17-5-2-9(3-6-17)13-16-12(14(19)20)11-8-10(15)4-7-18(11)13/h9-10H,2-8,15H2,1H3,(H,19,20). The second-order valence-electron chi connectivity index (χ2n) is 6.05. The quantitative estimate of drug-likeness (QED) is 0.830. The fourth-order valence-corrected chi connectivity index (χ4v) is 3.36. The first kappa shape index (κ1) is 13.6. The molecule has 6 nitrogen and oxygen atoms in total. The van der Waals surface area contributed by atoms with Crippen molar-refractivity contribution >= 4 is 5.97 Å².